The molecule has 21 heavy (non-hydrogen) atoms. The van der Waals surface area contributed by atoms with Crippen molar-refractivity contribution >= 4 is 29.1 Å². The van der Waals surface area contributed by atoms with Gasteiger partial charge in [0.05, 0.1) is 23.2 Å². The Bertz CT molecular complexity index is 535. The van der Waals surface area contributed by atoms with Crippen LogP contribution in [0.3, 0.4) is 0 Å². The van der Waals surface area contributed by atoms with E-state index in [4.69, 9.17) is 16.3 Å². The van der Waals surface area contributed by atoms with Gasteiger partial charge in [0, 0.05) is 33.7 Å². The van der Waals surface area contributed by atoms with E-state index in [1.807, 2.05) is 12.1 Å². The molecular weight excluding hydrogens is 292 g/mol. The molecule has 1 aromatic rings. The van der Waals surface area contributed by atoms with Crippen molar-refractivity contribution in [1.82, 2.24) is 4.90 Å². The first-order chi connectivity index (χ1) is 10.0. The van der Waals surface area contributed by atoms with Crippen LogP contribution in [-0.2, 0) is 14.3 Å². The highest BCUT2D eigenvalue weighted by atomic mass is 35.5. The molecule has 6 heteroatoms. The van der Waals surface area contributed by atoms with Gasteiger partial charge in [-0.05, 0) is 12.1 Å². The zero-order valence-electron chi connectivity index (χ0n) is 12.2. The highest BCUT2D eigenvalue weighted by molar-refractivity contribution is 6.33. The number of likely N-dealkylation sites (N-methyl/N-ethyl adjacent to an activating group) is 1. The number of anilines is 1. The Kier molecular flexibility index (Phi) is 5.20. The lowest BCUT2D eigenvalue weighted by Crippen LogP contribution is -2.36. The van der Waals surface area contributed by atoms with E-state index in [9.17, 15) is 9.59 Å². The van der Waals surface area contributed by atoms with Gasteiger partial charge in [0.15, 0.2) is 0 Å². The van der Waals surface area contributed by atoms with Crippen molar-refractivity contribution in [1.29, 1.82) is 0 Å². The number of amides is 2. The first-order valence-electron chi connectivity index (χ1n) is 6.83. The zero-order valence-corrected chi connectivity index (χ0v) is 13.0. The number of halogens is 1. The zero-order chi connectivity index (χ0) is 15.4. The molecule has 0 saturated carbocycles. The molecule has 0 radical (unpaired) electrons. The molecular formula is C15H19ClN2O3. The fourth-order valence-electron chi connectivity index (χ4n) is 2.43. The molecule has 5 nitrogen and oxygen atoms in total. The van der Waals surface area contributed by atoms with Crippen molar-refractivity contribution in [3.05, 3.63) is 29.3 Å². The van der Waals surface area contributed by atoms with Crippen molar-refractivity contribution in [2.24, 2.45) is 5.92 Å². The molecule has 2 rings (SSSR count). The van der Waals surface area contributed by atoms with E-state index in [1.54, 1.807) is 36.1 Å². The third kappa shape index (κ3) is 3.54. The normalized spacial score (nSPS) is 18.1. The van der Waals surface area contributed by atoms with Crippen LogP contribution in [0.15, 0.2) is 24.3 Å². The first-order valence-corrected chi connectivity index (χ1v) is 7.21. The lowest BCUT2D eigenvalue weighted by atomic mass is 10.1. The number of rotatable bonds is 5. The van der Waals surface area contributed by atoms with Crippen LogP contribution in [0.5, 0.6) is 0 Å². The molecule has 0 N–H and O–H groups in total. The number of para-hydroxylation sites is 1. The maximum Gasteiger partial charge on any atom is 0.227 e. The summed E-state index contributed by atoms with van der Waals surface area (Å²) >= 11 is 6.12. The maximum atomic E-state index is 12.3. The second kappa shape index (κ2) is 6.91. The molecule has 1 aliphatic heterocycles. The molecule has 2 amide bonds. The first kappa shape index (κ1) is 15.8. The summed E-state index contributed by atoms with van der Waals surface area (Å²) in [6.07, 6.45) is 0.224. The van der Waals surface area contributed by atoms with Crippen LogP contribution in [0, 0.1) is 5.92 Å². The molecule has 1 aliphatic rings. The highest BCUT2D eigenvalue weighted by Gasteiger charge is 2.36. The quantitative estimate of drug-likeness (QED) is 0.833. The smallest absolute Gasteiger partial charge is 0.227 e. The topological polar surface area (TPSA) is 49.9 Å². The molecule has 1 aromatic carbocycles. The predicted octanol–water partition coefficient (Wildman–Crippen LogP) is 1.80. The third-order valence-electron chi connectivity index (χ3n) is 3.62. The monoisotopic (exact) mass is 310 g/mol. The summed E-state index contributed by atoms with van der Waals surface area (Å²) in [5.41, 5.74) is 0.666. The van der Waals surface area contributed by atoms with E-state index < -0.39 is 0 Å². The molecule has 0 bridgehead atoms. The summed E-state index contributed by atoms with van der Waals surface area (Å²) in [5, 5.41) is 0.520. The number of hydrogen-bond donors (Lipinski definition) is 0. The van der Waals surface area contributed by atoms with Crippen molar-refractivity contribution in [3.8, 4) is 0 Å². The number of nitrogens with zero attached hydrogens (tertiary/aromatic N) is 2. The van der Waals surface area contributed by atoms with Crippen molar-refractivity contribution < 1.29 is 14.3 Å². The Balaban J connectivity index is 2.06. The number of carbonyl (C=O) groups excluding carboxylic acids is 2. The van der Waals surface area contributed by atoms with Gasteiger partial charge in [0.25, 0.3) is 0 Å². The minimum atomic E-state index is -0.323. The average molecular weight is 311 g/mol. The summed E-state index contributed by atoms with van der Waals surface area (Å²) in [4.78, 5) is 27.7. The fourth-order valence-corrected chi connectivity index (χ4v) is 2.66. The molecule has 1 atom stereocenters. The number of benzene rings is 1. The summed E-state index contributed by atoms with van der Waals surface area (Å²) in [5.74, 6) is -0.424. The molecule has 114 valence electrons. The van der Waals surface area contributed by atoms with Crippen LogP contribution < -0.4 is 4.90 Å². The van der Waals surface area contributed by atoms with Gasteiger partial charge in [-0.25, -0.2) is 0 Å². The fraction of sp³-hybridized carbons (Fsp3) is 0.467. The summed E-state index contributed by atoms with van der Waals surface area (Å²) in [6.45, 7) is 1.38. The Hall–Kier alpha value is -1.59. The lowest BCUT2D eigenvalue weighted by Gasteiger charge is -2.21. The Morgan fingerprint density at radius 1 is 1.48 bits per heavy atom. The number of methoxy groups -OCH3 is 1. The van der Waals surface area contributed by atoms with Crippen LogP contribution >= 0.6 is 11.6 Å². The predicted molar refractivity (Wildman–Crippen MR) is 81.4 cm³/mol. The Morgan fingerprint density at radius 3 is 2.86 bits per heavy atom. The molecule has 1 heterocycles. The van der Waals surface area contributed by atoms with E-state index >= 15 is 0 Å². The minimum absolute atomic E-state index is 0.0325. The standard InChI is InChI=1S/C15H19ClN2O3/c1-17(7-8-21-2)15(20)11-9-14(19)18(10-11)13-6-4-3-5-12(13)16/h3-6,11H,7-10H2,1-2H3. The summed E-state index contributed by atoms with van der Waals surface area (Å²) in [7, 11) is 3.32. The van der Waals surface area contributed by atoms with Gasteiger partial charge in [-0.3, -0.25) is 9.59 Å². The average Bonchev–Trinajstić information content (AvgIpc) is 2.86. The van der Waals surface area contributed by atoms with Gasteiger partial charge < -0.3 is 14.5 Å². The van der Waals surface area contributed by atoms with E-state index in [1.165, 1.54) is 0 Å². The van der Waals surface area contributed by atoms with Crippen LogP contribution in [0.1, 0.15) is 6.42 Å². The van der Waals surface area contributed by atoms with Crippen LogP contribution in [0.2, 0.25) is 5.02 Å². The van der Waals surface area contributed by atoms with Crippen LogP contribution in [-0.4, -0.2) is 50.6 Å². The van der Waals surface area contributed by atoms with Gasteiger partial charge in [-0.15, -0.1) is 0 Å². The van der Waals surface area contributed by atoms with Gasteiger partial charge in [0.2, 0.25) is 11.8 Å². The molecule has 0 aliphatic carbocycles. The highest BCUT2D eigenvalue weighted by Crippen LogP contribution is 2.31. The minimum Gasteiger partial charge on any atom is -0.383 e. The third-order valence-corrected chi connectivity index (χ3v) is 3.94. The summed E-state index contributed by atoms with van der Waals surface area (Å²) in [6, 6.07) is 7.17. The second-order valence-electron chi connectivity index (χ2n) is 5.11. The maximum absolute atomic E-state index is 12.3. The van der Waals surface area contributed by atoms with E-state index in [0.29, 0.717) is 30.4 Å². The van der Waals surface area contributed by atoms with Crippen molar-refractivity contribution in [3.63, 3.8) is 0 Å². The van der Waals surface area contributed by atoms with Crippen LogP contribution in [0.25, 0.3) is 0 Å². The van der Waals surface area contributed by atoms with Crippen molar-refractivity contribution in [2.45, 2.75) is 6.42 Å². The molecule has 0 aromatic heterocycles. The second-order valence-corrected chi connectivity index (χ2v) is 5.52. The van der Waals surface area contributed by atoms with E-state index in [0.717, 1.165) is 0 Å². The Morgan fingerprint density at radius 2 is 2.19 bits per heavy atom. The molecule has 1 fully saturated rings. The molecule has 0 spiro atoms. The SMILES string of the molecule is COCCN(C)C(=O)C1CC(=O)N(c2ccccc2Cl)C1. The summed E-state index contributed by atoms with van der Waals surface area (Å²) < 4.78 is 4.96. The van der Waals surface area contributed by atoms with Crippen LogP contribution in [0.4, 0.5) is 5.69 Å². The molecule has 1 saturated heterocycles. The number of carbonyl (C=O) groups is 2. The van der Waals surface area contributed by atoms with Gasteiger partial charge >= 0.3 is 0 Å². The Labute approximate surface area is 129 Å². The van der Waals surface area contributed by atoms with Crippen molar-refractivity contribution in [2.75, 3.05) is 38.8 Å². The van der Waals surface area contributed by atoms with E-state index in [-0.39, 0.29) is 24.2 Å². The van der Waals surface area contributed by atoms with Gasteiger partial charge in [-0.1, -0.05) is 23.7 Å². The number of ether oxygens (including phenoxy) is 1. The lowest BCUT2D eigenvalue weighted by molar-refractivity contribution is -0.135. The largest absolute Gasteiger partial charge is 0.383 e. The van der Waals surface area contributed by atoms with Gasteiger partial charge in [-0.2, -0.15) is 0 Å². The number of hydrogen-bond acceptors (Lipinski definition) is 3. The van der Waals surface area contributed by atoms with E-state index in [2.05, 4.69) is 0 Å². The molecule has 1 unspecified atom stereocenters. The van der Waals surface area contributed by atoms with Gasteiger partial charge in [0.1, 0.15) is 0 Å².